The highest BCUT2D eigenvalue weighted by atomic mass is 19.4. The molecular formula is C13H16F3N3O. The Morgan fingerprint density at radius 2 is 1.80 bits per heavy atom. The maximum Gasteiger partial charge on any atom is 0.416 e. The van der Waals surface area contributed by atoms with Gasteiger partial charge in [-0.05, 0) is 39.0 Å². The first-order valence-corrected chi connectivity index (χ1v) is 5.80. The molecule has 0 aliphatic heterocycles. The summed E-state index contributed by atoms with van der Waals surface area (Å²) in [5.41, 5.74) is 3.46. The van der Waals surface area contributed by atoms with E-state index in [2.05, 4.69) is 0 Å². The Bertz CT molecular complexity index is 532. The molecule has 1 amide bonds. The number of hydrogen-bond donors (Lipinski definition) is 2. The van der Waals surface area contributed by atoms with Crippen LogP contribution in [0.5, 0.6) is 0 Å². The number of halogens is 3. The number of rotatable bonds is 1. The van der Waals surface area contributed by atoms with E-state index in [0.29, 0.717) is 0 Å². The third kappa shape index (κ3) is 3.49. The van der Waals surface area contributed by atoms with Gasteiger partial charge in [-0.1, -0.05) is 6.07 Å². The van der Waals surface area contributed by atoms with E-state index < -0.39 is 29.1 Å². The van der Waals surface area contributed by atoms with Gasteiger partial charge in [-0.2, -0.15) is 13.2 Å². The van der Waals surface area contributed by atoms with Crippen LogP contribution >= 0.6 is 0 Å². The number of alkyl halides is 3. The number of nitrogens with two attached hydrogens (primary N) is 1. The van der Waals surface area contributed by atoms with Gasteiger partial charge >= 0.3 is 6.18 Å². The number of guanidine groups is 1. The summed E-state index contributed by atoms with van der Waals surface area (Å²) in [4.78, 5) is 13.2. The van der Waals surface area contributed by atoms with Gasteiger partial charge in [0.15, 0.2) is 5.96 Å². The molecule has 0 heterocycles. The van der Waals surface area contributed by atoms with Crippen LogP contribution in [0.4, 0.5) is 13.2 Å². The Hall–Kier alpha value is -2.05. The van der Waals surface area contributed by atoms with Crippen molar-refractivity contribution in [3.8, 4) is 0 Å². The fourth-order valence-electron chi connectivity index (χ4n) is 1.73. The average Bonchev–Trinajstić information content (AvgIpc) is 2.25. The molecule has 0 radical (unpaired) electrons. The van der Waals surface area contributed by atoms with E-state index in [-0.39, 0.29) is 5.56 Å². The largest absolute Gasteiger partial charge is 0.416 e. The van der Waals surface area contributed by atoms with Crippen LogP contribution in [0.3, 0.4) is 0 Å². The number of benzene rings is 1. The van der Waals surface area contributed by atoms with Crippen LogP contribution in [-0.2, 0) is 6.18 Å². The Labute approximate surface area is 114 Å². The molecule has 0 aliphatic rings. The van der Waals surface area contributed by atoms with Crippen LogP contribution in [0.15, 0.2) is 24.3 Å². The molecule has 1 aromatic carbocycles. The van der Waals surface area contributed by atoms with Crippen molar-refractivity contribution < 1.29 is 18.0 Å². The second kappa shape index (κ2) is 5.15. The summed E-state index contributed by atoms with van der Waals surface area (Å²) in [6, 6.07) is 4.05. The van der Waals surface area contributed by atoms with Crippen LogP contribution in [0, 0.1) is 5.41 Å². The summed E-state index contributed by atoms with van der Waals surface area (Å²) >= 11 is 0. The van der Waals surface area contributed by atoms with Crippen LogP contribution in [0.25, 0.3) is 0 Å². The third-order valence-electron chi connectivity index (χ3n) is 2.55. The van der Waals surface area contributed by atoms with Gasteiger partial charge in [0.2, 0.25) is 0 Å². The number of hydrogen-bond acceptors (Lipinski definition) is 2. The molecule has 0 aromatic heterocycles. The fraction of sp³-hybridized carbons (Fsp3) is 0.385. The molecule has 110 valence electrons. The molecule has 0 saturated carbocycles. The third-order valence-corrected chi connectivity index (χ3v) is 2.55. The minimum absolute atomic E-state index is 0.162. The van der Waals surface area contributed by atoms with Crippen molar-refractivity contribution in [1.29, 1.82) is 5.41 Å². The van der Waals surface area contributed by atoms with Gasteiger partial charge in [0, 0.05) is 11.1 Å². The van der Waals surface area contributed by atoms with Gasteiger partial charge in [0.05, 0.1) is 5.56 Å². The molecule has 4 nitrogen and oxygen atoms in total. The number of carbonyl (C=O) groups excluding carboxylic acids is 1. The van der Waals surface area contributed by atoms with E-state index in [9.17, 15) is 18.0 Å². The maximum atomic E-state index is 12.6. The van der Waals surface area contributed by atoms with Gasteiger partial charge in [0.1, 0.15) is 0 Å². The zero-order chi connectivity index (χ0) is 15.7. The zero-order valence-electron chi connectivity index (χ0n) is 11.4. The van der Waals surface area contributed by atoms with Gasteiger partial charge in [-0.25, -0.2) is 0 Å². The maximum absolute atomic E-state index is 12.6. The molecule has 3 N–H and O–H groups in total. The van der Waals surface area contributed by atoms with E-state index in [1.807, 2.05) is 0 Å². The number of nitrogens with zero attached hydrogens (tertiary/aromatic N) is 1. The molecular weight excluding hydrogens is 271 g/mol. The Balaban J connectivity index is 3.24. The SMILES string of the molecule is CC(C)(C)N(C(=N)N)C(=O)c1cccc(C(F)(F)F)c1. The molecule has 0 atom stereocenters. The van der Waals surface area contributed by atoms with Crippen molar-refractivity contribution in [3.63, 3.8) is 0 Å². The summed E-state index contributed by atoms with van der Waals surface area (Å²) in [6.07, 6.45) is -4.53. The lowest BCUT2D eigenvalue weighted by molar-refractivity contribution is -0.137. The summed E-state index contributed by atoms with van der Waals surface area (Å²) in [5.74, 6) is -1.25. The van der Waals surface area contributed by atoms with Crippen LogP contribution in [-0.4, -0.2) is 22.3 Å². The van der Waals surface area contributed by atoms with Crippen LogP contribution in [0.2, 0.25) is 0 Å². The minimum Gasteiger partial charge on any atom is -0.370 e. The second-order valence-electron chi connectivity index (χ2n) is 5.28. The smallest absolute Gasteiger partial charge is 0.370 e. The summed E-state index contributed by atoms with van der Waals surface area (Å²) < 4.78 is 37.9. The van der Waals surface area contributed by atoms with E-state index in [4.69, 9.17) is 11.1 Å². The predicted octanol–water partition coefficient (Wildman–Crippen LogP) is 2.84. The standard InChI is InChI=1S/C13H16F3N3O/c1-12(2,3)19(11(17)18)10(20)8-5-4-6-9(7-8)13(14,15)16/h4-7H,1-3H3,(H3,17,18). The van der Waals surface area contributed by atoms with Gasteiger partial charge in [-0.3, -0.25) is 15.1 Å². The second-order valence-corrected chi connectivity index (χ2v) is 5.28. The quantitative estimate of drug-likeness (QED) is 0.616. The molecule has 0 saturated heterocycles. The van der Waals surface area contributed by atoms with E-state index >= 15 is 0 Å². The highest BCUT2D eigenvalue weighted by Gasteiger charge is 2.33. The van der Waals surface area contributed by atoms with Crippen molar-refractivity contribution in [2.24, 2.45) is 5.73 Å². The molecule has 0 unspecified atom stereocenters. The molecule has 1 rings (SSSR count). The lowest BCUT2D eigenvalue weighted by Gasteiger charge is -2.34. The van der Waals surface area contributed by atoms with Crippen molar-refractivity contribution in [2.75, 3.05) is 0 Å². The minimum atomic E-state index is -4.53. The zero-order valence-corrected chi connectivity index (χ0v) is 11.4. The van der Waals surface area contributed by atoms with Crippen molar-refractivity contribution >= 4 is 11.9 Å². The molecule has 0 spiro atoms. The lowest BCUT2D eigenvalue weighted by atomic mass is 10.0. The van der Waals surface area contributed by atoms with Crippen LogP contribution in [0.1, 0.15) is 36.7 Å². The summed E-state index contributed by atoms with van der Waals surface area (Å²) in [5, 5.41) is 7.42. The van der Waals surface area contributed by atoms with E-state index in [0.717, 1.165) is 23.1 Å². The first-order chi connectivity index (χ1) is 8.94. The number of carbonyl (C=O) groups is 1. The first-order valence-electron chi connectivity index (χ1n) is 5.80. The van der Waals surface area contributed by atoms with Crippen molar-refractivity contribution in [1.82, 2.24) is 4.90 Å². The highest BCUT2D eigenvalue weighted by Crippen LogP contribution is 2.30. The van der Waals surface area contributed by atoms with Crippen LogP contribution < -0.4 is 5.73 Å². The molecule has 0 aliphatic carbocycles. The molecule has 0 fully saturated rings. The van der Waals surface area contributed by atoms with Gasteiger partial charge < -0.3 is 5.73 Å². The van der Waals surface area contributed by atoms with Gasteiger partial charge in [0.25, 0.3) is 5.91 Å². The fourth-order valence-corrected chi connectivity index (χ4v) is 1.73. The average molecular weight is 287 g/mol. The summed E-state index contributed by atoms with van der Waals surface area (Å²) in [7, 11) is 0. The molecule has 0 bridgehead atoms. The van der Waals surface area contributed by atoms with E-state index in [1.165, 1.54) is 6.07 Å². The highest BCUT2D eigenvalue weighted by molar-refractivity contribution is 6.05. The Kier molecular flexibility index (Phi) is 4.12. The monoisotopic (exact) mass is 287 g/mol. The van der Waals surface area contributed by atoms with Gasteiger partial charge in [-0.15, -0.1) is 0 Å². The topological polar surface area (TPSA) is 70.2 Å². The molecule has 20 heavy (non-hydrogen) atoms. The number of amides is 1. The van der Waals surface area contributed by atoms with Crippen molar-refractivity contribution in [3.05, 3.63) is 35.4 Å². The predicted molar refractivity (Wildman–Crippen MR) is 69.3 cm³/mol. The number of nitrogens with one attached hydrogen (secondary N) is 1. The lowest BCUT2D eigenvalue weighted by Crippen LogP contribution is -2.52. The molecule has 7 heteroatoms. The summed E-state index contributed by atoms with van der Waals surface area (Å²) in [6.45, 7) is 4.92. The van der Waals surface area contributed by atoms with Crippen molar-refractivity contribution in [2.45, 2.75) is 32.5 Å². The molecule has 1 aromatic rings. The Morgan fingerprint density at radius 1 is 1.25 bits per heavy atom. The normalized spacial score (nSPS) is 12.1. The first kappa shape index (κ1) is 16.0. The Morgan fingerprint density at radius 3 is 2.20 bits per heavy atom. The van der Waals surface area contributed by atoms with E-state index in [1.54, 1.807) is 20.8 Å².